The van der Waals surface area contributed by atoms with E-state index < -0.39 is 12.2 Å². The minimum absolute atomic E-state index is 0.397. The van der Waals surface area contributed by atoms with Gasteiger partial charge in [-0.1, -0.05) is 59.3 Å². The second-order valence-electron chi connectivity index (χ2n) is 6.19. The van der Waals surface area contributed by atoms with Crippen molar-refractivity contribution in [2.75, 3.05) is 6.61 Å². The maximum Gasteiger partial charge on any atom is 0.293 e. The smallest absolute Gasteiger partial charge is 0.293 e. The molecule has 2 aromatic heterocycles. The van der Waals surface area contributed by atoms with E-state index in [1.54, 1.807) is 11.3 Å². The van der Waals surface area contributed by atoms with Crippen LogP contribution in [0.1, 0.15) is 42.4 Å². The highest BCUT2D eigenvalue weighted by atomic mass is 79.9. The fourth-order valence-electron chi connectivity index (χ4n) is 2.91. The van der Waals surface area contributed by atoms with Crippen molar-refractivity contribution in [3.63, 3.8) is 0 Å². The maximum absolute atomic E-state index is 11.3. The van der Waals surface area contributed by atoms with Gasteiger partial charge in [0.1, 0.15) is 6.10 Å². The number of hydrogen-bond acceptors (Lipinski definition) is 6. The SMILES string of the molecule is CCC(Br)CCOC(c1scnc1-c1cccs1)C(OC=O)c1ccccc1. The molecule has 0 radical (unpaired) electrons. The van der Waals surface area contributed by atoms with E-state index in [0.29, 0.717) is 17.9 Å². The molecule has 3 aromatic rings. The van der Waals surface area contributed by atoms with Gasteiger partial charge in [0, 0.05) is 11.4 Å². The van der Waals surface area contributed by atoms with E-state index in [0.717, 1.165) is 33.9 Å². The van der Waals surface area contributed by atoms with Gasteiger partial charge in [0.15, 0.2) is 6.10 Å². The number of carbonyl (C=O) groups excluding carboxylic acids is 1. The van der Waals surface area contributed by atoms with E-state index in [2.05, 4.69) is 27.8 Å². The van der Waals surface area contributed by atoms with Crippen LogP contribution in [0, 0.1) is 0 Å². The molecule has 0 saturated heterocycles. The Bertz CT molecular complexity index is 838. The first-order valence-corrected chi connectivity index (χ1v) is 11.8. The summed E-state index contributed by atoms with van der Waals surface area (Å²) in [5.41, 5.74) is 3.62. The largest absolute Gasteiger partial charge is 0.456 e. The molecule has 2 heterocycles. The summed E-state index contributed by atoms with van der Waals surface area (Å²) in [7, 11) is 0. The van der Waals surface area contributed by atoms with Crippen LogP contribution in [0.25, 0.3) is 10.6 Å². The van der Waals surface area contributed by atoms with Crippen molar-refractivity contribution in [3.05, 3.63) is 63.8 Å². The van der Waals surface area contributed by atoms with Gasteiger partial charge in [-0.3, -0.25) is 4.79 Å². The third-order valence-electron chi connectivity index (χ3n) is 4.38. The molecule has 0 bridgehead atoms. The standard InChI is InChI=1S/C21H22BrNO3S2/c1-2-16(22)10-11-25-20(19(26-14-24)15-7-4-3-5-8-15)21-18(23-13-28-21)17-9-6-12-27-17/h3-9,12-14,16,19-20H,2,10-11H2,1H3. The molecule has 0 aliphatic heterocycles. The summed E-state index contributed by atoms with van der Waals surface area (Å²) in [6, 6.07) is 13.8. The van der Waals surface area contributed by atoms with Crippen molar-refractivity contribution in [3.8, 4) is 10.6 Å². The lowest BCUT2D eigenvalue weighted by Crippen LogP contribution is -2.19. The van der Waals surface area contributed by atoms with Crippen molar-refractivity contribution in [1.82, 2.24) is 4.98 Å². The van der Waals surface area contributed by atoms with Crippen LogP contribution in [0.5, 0.6) is 0 Å². The summed E-state index contributed by atoms with van der Waals surface area (Å²) in [5.74, 6) is 0. The Labute approximate surface area is 181 Å². The van der Waals surface area contributed by atoms with Gasteiger partial charge in [0.05, 0.1) is 21.0 Å². The molecular weight excluding hydrogens is 458 g/mol. The van der Waals surface area contributed by atoms with Crippen LogP contribution in [-0.4, -0.2) is 22.9 Å². The van der Waals surface area contributed by atoms with E-state index in [-0.39, 0.29) is 0 Å². The van der Waals surface area contributed by atoms with Crippen molar-refractivity contribution in [2.24, 2.45) is 0 Å². The van der Waals surface area contributed by atoms with Crippen LogP contribution >= 0.6 is 38.6 Å². The Morgan fingerprint density at radius 3 is 2.64 bits per heavy atom. The van der Waals surface area contributed by atoms with Crippen molar-refractivity contribution in [2.45, 2.75) is 36.8 Å². The number of thiazole rings is 1. The average Bonchev–Trinajstić information content (AvgIpc) is 3.42. The summed E-state index contributed by atoms with van der Waals surface area (Å²) < 4.78 is 11.9. The van der Waals surface area contributed by atoms with Gasteiger partial charge in [-0.05, 0) is 29.9 Å². The molecule has 0 amide bonds. The summed E-state index contributed by atoms with van der Waals surface area (Å²) >= 11 is 6.83. The molecule has 0 N–H and O–H groups in total. The molecule has 3 atom stereocenters. The van der Waals surface area contributed by atoms with E-state index in [1.807, 2.05) is 53.4 Å². The molecule has 28 heavy (non-hydrogen) atoms. The lowest BCUT2D eigenvalue weighted by Gasteiger charge is -2.26. The molecular formula is C21H22BrNO3S2. The normalized spacial score (nSPS) is 14.4. The molecule has 0 aliphatic rings. The van der Waals surface area contributed by atoms with Gasteiger partial charge < -0.3 is 9.47 Å². The Kier molecular flexibility index (Phi) is 8.21. The quantitative estimate of drug-likeness (QED) is 0.235. The minimum atomic E-state index is -0.534. The number of rotatable bonds is 11. The minimum Gasteiger partial charge on any atom is -0.456 e. The first kappa shape index (κ1) is 21.2. The second kappa shape index (κ2) is 10.9. The Morgan fingerprint density at radius 1 is 1.14 bits per heavy atom. The number of nitrogens with zero attached hydrogens (tertiary/aromatic N) is 1. The molecule has 0 spiro atoms. The average molecular weight is 480 g/mol. The second-order valence-corrected chi connectivity index (χ2v) is 9.32. The third kappa shape index (κ3) is 5.29. The van der Waals surface area contributed by atoms with Crippen LogP contribution in [-0.2, 0) is 14.3 Å². The van der Waals surface area contributed by atoms with Crippen LogP contribution in [0.3, 0.4) is 0 Å². The number of halogens is 1. The molecule has 3 rings (SSSR count). The van der Waals surface area contributed by atoms with Gasteiger partial charge in [0.2, 0.25) is 0 Å². The monoisotopic (exact) mass is 479 g/mol. The summed E-state index contributed by atoms with van der Waals surface area (Å²) in [5, 5.41) is 2.03. The number of hydrogen-bond donors (Lipinski definition) is 0. The van der Waals surface area contributed by atoms with E-state index in [9.17, 15) is 4.79 Å². The van der Waals surface area contributed by atoms with Gasteiger partial charge >= 0.3 is 0 Å². The molecule has 7 heteroatoms. The van der Waals surface area contributed by atoms with Crippen LogP contribution in [0.4, 0.5) is 0 Å². The molecule has 0 fully saturated rings. The zero-order valence-electron chi connectivity index (χ0n) is 15.5. The van der Waals surface area contributed by atoms with E-state index in [1.165, 1.54) is 11.3 Å². The van der Waals surface area contributed by atoms with E-state index >= 15 is 0 Å². The van der Waals surface area contributed by atoms with Crippen LogP contribution < -0.4 is 0 Å². The Balaban J connectivity index is 1.95. The van der Waals surface area contributed by atoms with Gasteiger partial charge in [-0.15, -0.1) is 22.7 Å². The highest BCUT2D eigenvalue weighted by Crippen LogP contribution is 2.42. The summed E-state index contributed by atoms with van der Waals surface area (Å²) in [6.07, 6.45) is 0.951. The van der Waals surface area contributed by atoms with Crippen molar-refractivity contribution in [1.29, 1.82) is 0 Å². The number of benzene rings is 1. The molecule has 0 saturated carbocycles. The van der Waals surface area contributed by atoms with Gasteiger partial charge in [0.25, 0.3) is 6.47 Å². The molecule has 148 valence electrons. The Morgan fingerprint density at radius 2 is 1.96 bits per heavy atom. The van der Waals surface area contributed by atoms with E-state index in [4.69, 9.17) is 9.47 Å². The van der Waals surface area contributed by atoms with Crippen molar-refractivity contribution < 1.29 is 14.3 Å². The molecule has 1 aromatic carbocycles. The van der Waals surface area contributed by atoms with Crippen LogP contribution in [0.15, 0.2) is 53.4 Å². The fraction of sp³-hybridized carbons (Fsp3) is 0.333. The predicted octanol–water partition coefficient (Wildman–Crippen LogP) is 6.41. The number of alkyl halides is 1. The first-order valence-electron chi connectivity index (χ1n) is 9.11. The zero-order valence-corrected chi connectivity index (χ0v) is 18.7. The van der Waals surface area contributed by atoms with Gasteiger partial charge in [-0.25, -0.2) is 4.98 Å². The predicted molar refractivity (Wildman–Crippen MR) is 118 cm³/mol. The number of thiophene rings is 1. The van der Waals surface area contributed by atoms with Gasteiger partial charge in [-0.2, -0.15) is 0 Å². The molecule has 0 aliphatic carbocycles. The fourth-order valence-corrected chi connectivity index (χ4v) is 4.77. The number of carbonyl (C=O) groups is 1. The highest BCUT2D eigenvalue weighted by molar-refractivity contribution is 9.09. The Hall–Kier alpha value is -1.54. The summed E-state index contributed by atoms with van der Waals surface area (Å²) in [6.45, 7) is 3.19. The first-order chi connectivity index (χ1) is 13.7. The lowest BCUT2D eigenvalue weighted by molar-refractivity contribution is -0.143. The highest BCUT2D eigenvalue weighted by Gasteiger charge is 2.31. The topological polar surface area (TPSA) is 48.4 Å². The number of aromatic nitrogens is 1. The number of ether oxygens (including phenoxy) is 2. The van der Waals surface area contributed by atoms with Crippen LogP contribution in [0.2, 0.25) is 0 Å². The zero-order chi connectivity index (χ0) is 19.8. The maximum atomic E-state index is 11.3. The third-order valence-corrected chi connectivity index (χ3v) is 7.26. The molecule has 3 unspecified atom stereocenters. The molecule has 4 nitrogen and oxygen atoms in total. The summed E-state index contributed by atoms with van der Waals surface area (Å²) in [4.78, 5) is 18.3. The lowest BCUT2D eigenvalue weighted by atomic mass is 10.0. The van der Waals surface area contributed by atoms with Crippen molar-refractivity contribution >= 4 is 45.1 Å².